The maximum atomic E-state index is 12.3. The summed E-state index contributed by atoms with van der Waals surface area (Å²) in [5.41, 5.74) is 0.892. The van der Waals surface area contributed by atoms with E-state index in [1.165, 1.54) is 36.6 Å². The van der Waals surface area contributed by atoms with E-state index in [0.29, 0.717) is 5.13 Å². The minimum atomic E-state index is -0.591. The van der Waals surface area contributed by atoms with Gasteiger partial charge in [-0.2, -0.15) is 0 Å². The van der Waals surface area contributed by atoms with Crippen LogP contribution in [0.1, 0.15) is 10.4 Å². The number of hydrogen-bond donors (Lipinski definition) is 1. The van der Waals surface area contributed by atoms with Crippen LogP contribution in [-0.2, 0) is 0 Å². The molecule has 1 N–H and O–H groups in total. The molecular formula is C17H13N3O4S. The highest BCUT2D eigenvalue weighted by Crippen LogP contribution is 2.30. The van der Waals surface area contributed by atoms with Gasteiger partial charge in [0.1, 0.15) is 0 Å². The van der Waals surface area contributed by atoms with Crippen LogP contribution in [0, 0.1) is 10.1 Å². The van der Waals surface area contributed by atoms with Gasteiger partial charge in [-0.1, -0.05) is 41.7 Å². The molecule has 1 aromatic heterocycles. The topological polar surface area (TPSA) is 94.4 Å². The molecule has 0 fully saturated rings. The average Bonchev–Trinajstić information content (AvgIpc) is 3.10. The molecule has 0 bridgehead atoms. The van der Waals surface area contributed by atoms with Gasteiger partial charge in [0.25, 0.3) is 5.91 Å². The third-order valence-electron chi connectivity index (χ3n) is 3.42. The van der Waals surface area contributed by atoms with Crippen LogP contribution < -0.4 is 10.1 Å². The van der Waals surface area contributed by atoms with Crippen molar-refractivity contribution >= 4 is 28.1 Å². The molecule has 2 aromatic carbocycles. The lowest BCUT2D eigenvalue weighted by Crippen LogP contribution is -2.12. The number of nitro benzene ring substituents is 1. The van der Waals surface area contributed by atoms with Gasteiger partial charge in [-0.25, -0.2) is 4.98 Å². The Kier molecular flexibility index (Phi) is 4.71. The summed E-state index contributed by atoms with van der Waals surface area (Å²) < 4.78 is 4.93. The van der Waals surface area contributed by atoms with E-state index < -0.39 is 10.8 Å². The predicted molar refractivity (Wildman–Crippen MR) is 95.2 cm³/mol. The zero-order valence-electron chi connectivity index (χ0n) is 13.1. The molecule has 0 radical (unpaired) electrons. The molecule has 0 saturated carbocycles. The Balaban J connectivity index is 1.80. The molecule has 126 valence electrons. The molecule has 1 amide bonds. The molecular weight excluding hydrogens is 342 g/mol. The Morgan fingerprint density at radius 3 is 2.68 bits per heavy atom. The number of carbonyl (C=O) groups is 1. The number of nitro groups is 1. The van der Waals surface area contributed by atoms with E-state index in [4.69, 9.17) is 4.74 Å². The van der Waals surface area contributed by atoms with Crippen molar-refractivity contribution in [2.24, 2.45) is 0 Å². The SMILES string of the molecule is COc1ccc(C(=O)Nc2ncc(-c3ccccc3)s2)cc1[N+](=O)[O-]. The number of nitrogens with zero attached hydrogens (tertiary/aromatic N) is 2. The van der Waals surface area contributed by atoms with Crippen molar-refractivity contribution < 1.29 is 14.5 Å². The van der Waals surface area contributed by atoms with Crippen LogP contribution in [-0.4, -0.2) is 22.9 Å². The van der Waals surface area contributed by atoms with Gasteiger partial charge in [0.05, 0.1) is 16.9 Å². The maximum Gasteiger partial charge on any atom is 0.311 e. The molecule has 3 rings (SSSR count). The Morgan fingerprint density at radius 1 is 1.24 bits per heavy atom. The van der Waals surface area contributed by atoms with E-state index in [1.807, 2.05) is 30.3 Å². The molecule has 0 aliphatic heterocycles. The fourth-order valence-electron chi connectivity index (χ4n) is 2.21. The van der Waals surface area contributed by atoms with Crippen LogP contribution in [0.3, 0.4) is 0 Å². The summed E-state index contributed by atoms with van der Waals surface area (Å²) in [5, 5.41) is 14.1. The number of benzene rings is 2. The van der Waals surface area contributed by atoms with Crippen molar-refractivity contribution in [3.05, 3.63) is 70.4 Å². The number of amides is 1. The van der Waals surface area contributed by atoms with Gasteiger partial charge in [-0.05, 0) is 17.7 Å². The fraction of sp³-hybridized carbons (Fsp3) is 0.0588. The maximum absolute atomic E-state index is 12.3. The van der Waals surface area contributed by atoms with Crippen LogP contribution in [0.25, 0.3) is 10.4 Å². The van der Waals surface area contributed by atoms with Crippen molar-refractivity contribution in [2.75, 3.05) is 12.4 Å². The highest BCUT2D eigenvalue weighted by atomic mass is 32.1. The Morgan fingerprint density at radius 2 is 2.00 bits per heavy atom. The van der Waals surface area contributed by atoms with E-state index in [9.17, 15) is 14.9 Å². The van der Waals surface area contributed by atoms with Gasteiger partial charge in [0.2, 0.25) is 0 Å². The molecule has 8 heteroatoms. The number of rotatable bonds is 5. The third-order valence-corrected chi connectivity index (χ3v) is 4.38. The Labute approximate surface area is 147 Å². The fourth-order valence-corrected chi connectivity index (χ4v) is 3.03. The minimum Gasteiger partial charge on any atom is -0.490 e. The number of carbonyl (C=O) groups excluding carboxylic acids is 1. The molecule has 0 spiro atoms. The summed E-state index contributed by atoms with van der Waals surface area (Å²) in [5.74, 6) is -0.373. The lowest BCUT2D eigenvalue weighted by molar-refractivity contribution is -0.385. The second-order valence-corrected chi connectivity index (χ2v) is 6.02. The summed E-state index contributed by atoms with van der Waals surface area (Å²) in [6.45, 7) is 0. The van der Waals surface area contributed by atoms with Crippen molar-refractivity contribution in [1.82, 2.24) is 4.98 Å². The molecule has 25 heavy (non-hydrogen) atoms. The lowest BCUT2D eigenvalue weighted by atomic mass is 10.2. The summed E-state index contributed by atoms with van der Waals surface area (Å²) in [7, 11) is 1.34. The molecule has 0 aliphatic rings. The van der Waals surface area contributed by atoms with Crippen molar-refractivity contribution in [3.63, 3.8) is 0 Å². The number of hydrogen-bond acceptors (Lipinski definition) is 6. The normalized spacial score (nSPS) is 10.3. The first-order valence-corrected chi connectivity index (χ1v) is 8.05. The van der Waals surface area contributed by atoms with E-state index >= 15 is 0 Å². The number of aromatic nitrogens is 1. The highest BCUT2D eigenvalue weighted by molar-refractivity contribution is 7.19. The van der Waals surface area contributed by atoms with Gasteiger partial charge < -0.3 is 4.74 Å². The molecule has 3 aromatic rings. The van der Waals surface area contributed by atoms with Crippen molar-refractivity contribution in [1.29, 1.82) is 0 Å². The third kappa shape index (κ3) is 3.64. The predicted octanol–water partition coefficient (Wildman–Crippen LogP) is 3.98. The molecule has 0 unspecified atom stereocenters. The number of methoxy groups -OCH3 is 1. The molecule has 7 nitrogen and oxygen atoms in total. The van der Waals surface area contributed by atoms with Crippen molar-refractivity contribution in [2.45, 2.75) is 0 Å². The van der Waals surface area contributed by atoms with E-state index in [2.05, 4.69) is 10.3 Å². The zero-order chi connectivity index (χ0) is 17.8. The quantitative estimate of drug-likeness (QED) is 0.552. The van der Waals surface area contributed by atoms with Crippen LogP contribution in [0.15, 0.2) is 54.7 Å². The van der Waals surface area contributed by atoms with Crippen LogP contribution in [0.5, 0.6) is 5.75 Å². The monoisotopic (exact) mass is 355 g/mol. The van der Waals surface area contributed by atoms with E-state index in [1.54, 1.807) is 6.20 Å². The Hall–Kier alpha value is -3.26. The van der Waals surface area contributed by atoms with E-state index in [-0.39, 0.29) is 17.0 Å². The molecule has 0 atom stereocenters. The Bertz CT molecular complexity index is 925. The van der Waals surface area contributed by atoms with Gasteiger partial charge in [0, 0.05) is 17.8 Å². The van der Waals surface area contributed by atoms with Gasteiger partial charge >= 0.3 is 5.69 Å². The first-order chi connectivity index (χ1) is 12.1. The van der Waals surface area contributed by atoms with Gasteiger partial charge in [-0.3, -0.25) is 20.2 Å². The second-order valence-electron chi connectivity index (χ2n) is 4.99. The average molecular weight is 355 g/mol. The summed E-state index contributed by atoms with van der Waals surface area (Å²) >= 11 is 1.33. The summed E-state index contributed by atoms with van der Waals surface area (Å²) in [6, 6.07) is 13.7. The first-order valence-electron chi connectivity index (χ1n) is 7.23. The lowest BCUT2D eigenvalue weighted by Gasteiger charge is -2.05. The largest absolute Gasteiger partial charge is 0.490 e. The first kappa shape index (κ1) is 16.6. The number of thiazole rings is 1. The summed E-state index contributed by atoms with van der Waals surface area (Å²) in [4.78, 5) is 27.9. The number of anilines is 1. The number of ether oxygens (including phenoxy) is 1. The van der Waals surface area contributed by atoms with Gasteiger partial charge in [0.15, 0.2) is 10.9 Å². The number of nitrogens with one attached hydrogen (secondary N) is 1. The van der Waals surface area contributed by atoms with Gasteiger partial charge in [-0.15, -0.1) is 0 Å². The molecule has 0 aliphatic carbocycles. The van der Waals surface area contributed by atoms with Crippen molar-refractivity contribution in [3.8, 4) is 16.2 Å². The molecule has 1 heterocycles. The molecule has 0 saturated heterocycles. The standard InChI is InChI=1S/C17H13N3O4S/c1-24-14-8-7-12(9-13(14)20(22)23)16(21)19-17-18-10-15(25-17)11-5-3-2-4-6-11/h2-10H,1H3,(H,18,19,21). The smallest absolute Gasteiger partial charge is 0.311 e. The second kappa shape index (κ2) is 7.10. The van der Waals surface area contributed by atoms with Crippen LogP contribution in [0.4, 0.5) is 10.8 Å². The highest BCUT2D eigenvalue weighted by Gasteiger charge is 2.19. The summed E-state index contributed by atoms with van der Waals surface area (Å²) in [6.07, 6.45) is 1.67. The van der Waals surface area contributed by atoms with E-state index in [0.717, 1.165) is 10.4 Å². The zero-order valence-corrected chi connectivity index (χ0v) is 13.9. The van der Waals surface area contributed by atoms with Crippen LogP contribution in [0.2, 0.25) is 0 Å². The minimum absolute atomic E-state index is 0.0992. The van der Waals surface area contributed by atoms with Crippen LogP contribution >= 0.6 is 11.3 Å².